The summed E-state index contributed by atoms with van der Waals surface area (Å²) < 4.78 is 0. The van der Waals surface area contributed by atoms with Gasteiger partial charge in [0.15, 0.2) is 5.13 Å². The number of aryl methyl sites for hydroxylation is 2. The Balaban J connectivity index is 1.97. The van der Waals surface area contributed by atoms with Gasteiger partial charge in [-0.2, -0.15) is 0 Å². The monoisotopic (exact) mass is 248 g/mol. The van der Waals surface area contributed by atoms with Crippen LogP contribution < -0.4 is 5.32 Å². The smallest absolute Gasteiger partial charge is 0.183 e. The lowest BCUT2D eigenvalue weighted by atomic mass is 10.1. The van der Waals surface area contributed by atoms with Gasteiger partial charge in [-0.3, -0.25) is 0 Å². The predicted octanol–water partition coefficient (Wildman–Crippen LogP) is 2.86. The molecule has 3 nitrogen and oxygen atoms in total. The van der Waals surface area contributed by atoms with Gasteiger partial charge in [-0.25, -0.2) is 4.98 Å². The van der Waals surface area contributed by atoms with Crippen LogP contribution in [0.15, 0.2) is 24.3 Å². The number of rotatable bonds is 4. The zero-order valence-electron chi connectivity index (χ0n) is 10.0. The lowest BCUT2D eigenvalue weighted by molar-refractivity contribution is 0.282. The van der Waals surface area contributed by atoms with E-state index in [1.807, 2.05) is 31.2 Å². The lowest BCUT2D eigenvalue weighted by Gasteiger charge is -2.03. The average molecular weight is 248 g/mol. The second kappa shape index (κ2) is 5.29. The van der Waals surface area contributed by atoms with E-state index in [1.165, 1.54) is 10.4 Å². The zero-order chi connectivity index (χ0) is 12.3. The summed E-state index contributed by atoms with van der Waals surface area (Å²) in [5.74, 6) is 0. The maximum Gasteiger partial charge on any atom is 0.183 e. The molecule has 4 heteroatoms. The summed E-state index contributed by atoms with van der Waals surface area (Å²) in [6.45, 7) is 4.96. The molecule has 2 aromatic rings. The van der Waals surface area contributed by atoms with E-state index in [9.17, 15) is 0 Å². The van der Waals surface area contributed by atoms with Crippen molar-refractivity contribution in [2.24, 2.45) is 0 Å². The van der Waals surface area contributed by atoms with E-state index in [2.05, 4.69) is 17.2 Å². The van der Waals surface area contributed by atoms with Crippen molar-refractivity contribution in [3.63, 3.8) is 0 Å². The van der Waals surface area contributed by atoms with Gasteiger partial charge in [-0.1, -0.05) is 24.3 Å². The molecule has 0 saturated heterocycles. The summed E-state index contributed by atoms with van der Waals surface area (Å²) in [5, 5.41) is 13.2. The molecule has 0 spiro atoms. The van der Waals surface area contributed by atoms with E-state index in [0.29, 0.717) is 0 Å². The highest BCUT2D eigenvalue weighted by atomic mass is 32.1. The van der Waals surface area contributed by atoms with E-state index >= 15 is 0 Å². The maximum atomic E-state index is 8.95. The molecule has 0 aliphatic rings. The number of thiazole rings is 1. The molecule has 0 amide bonds. The van der Waals surface area contributed by atoms with Crippen LogP contribution in [0.4, 0.5) is 5.13 Å². The van der Waals surface area contributed by atoms with Crippen LogP contribution in [0.3, 0.4) is 0 Å². The molecular formula is C13H16N2OS. The fourth-order valence-corrected chi connectivity index (χ4v) is 2.30. The molecule has 0 radical (unpaired) electrons. The third-order valence-electron chi connectivity index (χ3n) is 2.68. The molecule has 0 unspecified atom stereocenters. The number of aliphatic hydroxyl groups is 1. The largest absolute Gasteiger partial charge is 0.392 e. The van der Waals surface area contributed by atoms with Crippen LogP contribution in [-0.4, -0.2) is 10.1 Å². The highest BCUT2D eigenvalue weighted by Crippen LogP contribution is 2.21. The van der Waals surface area contributed by atoms with E-state index < -0.39 is 0 Å². The molecule has 0 saturated carbocycles. The molecule has 2 N–H and O–H groups in total. The molecule has 0 bridgehead atoms. The summed E-state index contributed by atoms with van der Waals surface area (Å²) >= 11 is 1.68. The standard InChI is InChI=1S/C13H16N2OS/c1-9-10(2)17-13(15-9)14-7-11-3-5-12(8-16)6-4-11/h3-6,16H,7-8H2,1-2H3,(H,14,15). The molecule has 0 aliphatic carbocycles. The van der Waals surface area contributed by atoms with Crippen LogP contribution in [0.25, 0.3) is 0 Å². The molecule has 17 heavy (non-hydrogen) atoms. The number of anilines is 1. The van der Waals surface area contributed by atoms with Gasteiger partial charge in [0.05, 0.1) is 12.3 Å². The van der Waals surface area contributed by atoms with E-state index in [1.54, 1.807) is 11.3 Å². The number of hydrogen-bond acceptors (Lipinski definition) is 4. The first kappa shape index (κ1) is 12.1. The van der Waals surface area contributed by atoms with Crippen LogP contribution in [-0.2, 0) is 13.2 Å². The minimum atomic E-state index is 0.0958. The van der Waals surface area contributed by atoms with Crippen molar-refractivity contribution in [2.45, 2.75) is 27.0 Å². The van der Waals surface area contributed by atoms with Gasteiger partial charge in [0.25, 0.3) is 0 Å². The van der Waals surface area contributed by atoms with Gasteiger partial charge < -0.3 is 10.4 Å². The molecule has 1 aromatic heterocycles. The minimum absolute atomic E-state index is 0.0958. The maximum absolute atomic E-state index is 8.95. The Morgan fingerprint density at radius 1 is 1.18 bits per heavy atom. The van der Waals surface area contributed by atoms with Crippen LogP contribution in [0.2, 0.25) is 0 Å². The van der Waals surface area contributed by atoms with E-state index in [-0.39, 0.29) is 6.61 Å². The second-order valence-electron chi connectivity index (χ2n) is 3.99. The van der Waals surface area contributed by atoms with Crippen LogP contribution >= 0.6 is 11.3 Å². The highest BCUT2D eigenvalue weighted by molar-refractivity contribution is 7.15. The van der Waals surface area contributed by atoms with Gasteiger partial charge in [0.2, 0.25) is 0 Å². The first-order chi connectivity index (χ1) is 8.19. The van der Waals surface area contributed by atoms with E-state index in [4.69, 9.17) is 5.11 Å². The summed E-state index contributed by atoms with van der Waals surface area (Å²) in [6.07, 6.45) is 0. The normalized spacial score (nSPS) is 10.5. The van der Waals surface area contributed by atoms with Crippen LogP contribution in [0, 0.1) is 13.8 Å². The summed E-state index contributed by atoms with van der Waals surface area (Å²) in [7, 11) is 0. The van der Waals surface area contributed by atoms with Gasteiger partial charge in [-0.05, 0) is 25.0 Å². The molecule has 2 rings (SSSR count). The third-order valence-corrected chi connectivity index (χ3v) is 3.71. The Morgan fingerprint density at radius 3 is 2.35 bits per heavy atom. The van der Waals surface area contributed by atoms with Crippen LogP contribution in [0.5, 0.6) is 0 Å². The van der Waals surface area contributed by atoms with Crippen molar-refractivity contribution in [1.29, 1.82) is 0 Å². The van der Waals surface area contributed by atoms with Gasteiger partial charge in [0, 0.05) is 11.4 Å². The molecule has 1 heterocycles. The molecule has 0 atom stereocenters. The molecule has 90 valence electrons. The fourth-order valence-electron chi connectivity index (χ4n) is 1.49. The van der Waals surface area contributed by atoms with Crippen molar-refractivity contribution in [2.75, 3.05) is 5.32 Å². The Kier molecular flexibility index (Phi) is 3.76. The molecule has 0 aliphatic heterocycles. The summed E-state index contributed by atoms with van der Waals surface area (Å²) in [6, 6.07) is 7.92. The van der Waals surface area contributed by atoms with Crippen molar-refractivity contribution >= 4 is 16.5 Å². The Hall–Kier alpha value is -1.39. The number of aromatic nitrogens is 1. The average Bonchev–Trinajstić information content (AvgIpc) is 2.67. The minimum Gasteiger partial charge on any atom is -0.392 e. The quantitative estimate of drug-likeness (QED) is 0.874. The lowest BCUT2D eigenvalue weighted by Crippen LogP contribution is -1.99. The molecular weight excluding hydrogens is 232 g/mol. The first-order valence-corrected chi connectivity index (χ1v) is 6.37. The van der Waals surface area contributed by atoms with Crippen molar-refractivity contribution in [3.8, 4) is 0 Å². The Bertz CT molecular complexity index is 471. The fraction of sp³-hybridized carbons (Fsp3) is 0.308. The second-order valence-corrected chi connectivity index (χ2v) is 5.19. The predicted molar refractivity (Wildman–Crippen MR) is 71.3 cm³/mol. The van der Waals surface area contributed by atoms with Gasteiger partial charge >= 0.3 is 0 Å². The summed E-state index contributed by atoms with van der Waals surface area (Å²) in [5.41, 5.74) is 3.22. The number of aliphatic hydroxyl groups excluding tert-OH is 1. The number of nitrogens with one attached hydrogen (secondary N) is 1. The van der Waals surface area contributed by atoms with Gasteiger partial charge in [-0.15, -0.1) is 11.3 Å². The Morgan fingerprint density at radius 2 is 1.82 bits per heavy atom. The Labute approximate surface area is 105 Å². The topological polar surface area (TPSA) is 45.2 Å². The first-order valence-electron chi connectivity index (χ1n) is 5.55. The van der Waals surface area contributed by atoms with Crippen molar-refractivity contribution in [1.82, 2.24) is 4.98 Å². The number of hydrogen-bond donors (Lipinski definition) is 2. The van der Waals surface area contributed by atoms with Gasteiger partial charge in [0.1, 0.15) is 0 Å². The van der Waals surface area contributed by atoms with Crippen molar-refractivity contribution in [3.05, 3.63) is 46.0 Å². The van der Waals surface area contributed by atoms with E-state index in [0.717, 1.165) is 22.9 Å². The van der Waals surface area contributed by atoms with Crippen molar-refractivity contribution < 1.29 is 5.11 Å². The number of benzene rings is 1. The zero-order valence-corrected chi connectivity index (χ0v) is 10.8. The molecule has 1 aromatic carbocycles. The third kappa shape index (κ3) is 3.05. The SMILES string of the molecule is Cc1nc(NCc2ccc(CO)cc2)sc1C. The highest BCUT2D eigenvalue weighted by Gasteiger charge is 2.02. The number of nitrogens with zero attached hydrogens (tertiary/aromatic N) is 1. The van der Waals surface area contributed by atoms with Crippen LogP contribution in [0.1, 0.15) is 21.7 Å². The molecule has 0 fully saturated rings. The summed E-state index contributed by atoms with van der Waals surface area (Å²) in [4.78, 5) is 5.68.